The highest BCUT2D eigenvalue weighted by Crippen LogP contribution is 2.31. The van der Waals surface area contributed by atoms with Crippen LogP contribution in [0.5, 0.6) is 0 Å². The van der Waals surface area contributed by atoms with E-state index >= 15 is 0 Å². The van der Waals surface area contributed by atoms with E-state index in [0.29, 0.717) is 22.2 Å². The molecule has 1 N–H and O–H groups in total. The predicted octanol–water partition coefficient (Wildman–Crippen LogP) is 4.62. The molecule has 0 saturated heterocycles. The van der Waals surface area contributed by atoms with Crippen molar-refractivity contribution in [3.05, 3.63) is 65.7 Å². The normalized spacial score (nSPS) is 11.6. The lowest BCUT2D eigenvalue weighted by Gasteiger charge is -2.09. The molecule has 0 radical (unpaired) electrons. The van der Waals surface area contributed by atoms with Gasteiger partial charge in [0.15, 0.2) is 0 Å². The maximum atomic E-state index is 12.6. The third kappa shape index (κ3) is 2.88. The smallest absolute Gasteiger partial charge is 0.416 e. The summed E-state index contributed by atoms with van der Waals surface area (Å²) in [6.45, 7) is 0. The molecule has 1 heterocycles. The van der Waals surface area contributed by atoms with Crippen LogP contribution >= 0.6 is 0 Å². The fourth-order valence-corrected chi connectivity index (χ4v) is 2.33. The van der Waals surface area contributed by atoms with Crippen LogP contribution in [0.2, 0.25) is 0 Å². The third-order valence-electron chi connectivity index (χ3n) is 3.45. The molecule has 0 aliphatic heterocycles. The van der Waals surface area contributed by atoms with Crippen LogP contribution < -0.4 is 0 Å². The minimum Gasteiger partial charge on any atom is -0.478 e. The zero-order chi connectivity index (χ0) is 16.6. The number of fused-ring (bicyclic) bond motifs is 1. The second-order valence-electron chi connectivity index (χ2n) is 4.95. The van der Waals surface area contributed by atoms with Gasteiger partial charge in [-0.2, -0.15) is 13.2 Å². The molecule has 0 fully saturated rings. The Labute approximate surface area is 129 Å². The number of carboxylic acid groups (broad SMARTS) is 1. The summed E-state index contributed by atoms with van der Waals surface area (Å²) < 4.78 is 37.8. The van der Waals surface area contributed by atoms with Crippen LogP contribution in [0.25, 0.3) is 22.2 Å². The largest absolute Gasteiger partial charge is 0.478 e. The van der Waals surface area contributed by atoms with E-state index in [-0.39, 0.29) is 5.56 Å². The first-order valence-electron chi connectivity index (χ1n) is 6.67. The van der Waals surface area contributed by atoms with Gasteiger partial charge >= 0.3 is 12.1 Å². The molecule has 116 valence electrons. The Hall–Kier alpha value is -2.89. The highest BCUT2D eigenvalue weighted by Gasteiger charge is 2.30. The van der Waals surface area contributed by atoms with Gasteiger partial charge in [-0.05, 0) is 24.3 Å². The van der Waals surface area contributed by atoms with Gasteiger partial charge in [0.05, 0.1) is 22.3 Å². The zero-order valence-corrected chi connectivity index (χ0v) is 11.6. The molecule has 23 heavy (non-hydrogen) atoms. The van der Waals surface area contributed by atoms with Gasteiger partial charge in [0.2, 0.25) is 0 Å². The van der Waals surface area contributed by atoms with Crippen LogP contribution in [-0.2, 0) is 6.18 Å². The molecule has 3 aromatic rings. The number of carbonyl (C=O) groups is 1. The number of hydrogen-bond donors (Lipinski definition) is 1. The van der Waals surface area contributed by atoms with E-state index in [0.717, 1.165) is 12.1 Å². The quantitative estimate of drug-likeness (QED) is 0.750. The number of carboxylic acids is 1. The Morgan fingerprint density at radius 3 is 2.26 bits per heavy atom. The highest BCUT2D eigenvalue weighted by atomic mass is 19.4. The average Bonchev–Trinajstić information content (AvgIpc) is 2.53. The maximum absolute atomic E-state index is 12.6. The Morgan fingerprint density at radius 1 is 1.00 bits per heavy atom. The van der Waals surface area contributed by atoms with Gasteiger partial charge in [0, 0.05) is 10.9 Å². The van der Waals surface area contributed by atoms with Gasteiger partial charge in [0.1, 0.15) is 0 Å². The second kappa shape index (κ2) is 5.39. The first-order chi connectivity index (χ1) is 10.9. The number of halogens is 3. The van der Waals surface area contributed by atoms with E-state index in [4.69, 9.17) is 0 Å². The number of aromatic carboxylic acids is 1. The van der Waals surface area contributed by atoms with Crippen LogP contribution in [0, 0.1) is 0 Å². The SMILES string of the molecule is O=C(O)c1cc(-c2ccc(C(F)(F)F)cc2)nc2ccccc12. The minimum atomic E-state index is -4.42. The second-order valence-corrected chi connectivity index (χ2v) is 4.95. The van der Waals surface area contributed by atoms with E-state index in [1.807, 2.05) is 0 Å². The van der Waals surface area contributed by atoms with Crippen molar-refractivity contribution >= 4 is 16.9 Å². The summed E-state index contributed by atoms with van der Waals surface area (Å²) >= 11 is 0. The van der Waals surface area contributed by atoms with Gasteiger partial charge < -0.3 is 5.11 Å². The van der Waals surface area contributed by atoms with Crippen molar-refractivity contribution in [1.29, 1.82) is 0 Å². The lowest BCUT2D eigenvalue weighted by Crippen LogP contribution is -2.04. The van der Waals surface area contributed by atoms with E-state index in [2.05, 4.69) is 4.98 Å². The summed E-state index contributed by atoms with van der Waals surface area (Å²) in [7, 11) is 0. The molecule has 0 bridgehead atoms. The summed E-state index contributed by atoms with van der Waals surface area (Å²) in [5.74, 6) is -1.11. The number of alkyl halides is 3. The van der Waals surface area contributed by atoms with E-state index in [9.17, 15) is 23.1 Å². The van der Waals surface area contributed by atoms with Crippen molar-refractivity contribution in [2.75, 3.05) is 0 Å². The minimum absolute atomic E-state index is 0.0606. The summed E-state index contributed by atoms with van der Waals surface area (Å²) in [4.78, 5) is 15.7. The summed E-state index contributed by atoms with van der Waals surface area (Å²) in [5, 5.41) is 9.81. The number of rotatable bonds is 2. The molecule has 0 aliphatic rings. The Balaban J connectivity index is 2.15. The molecule has 3 rings (SSSR count). The summed E-state index contributed by atoms with van der Waals surface area (Å²) in [6.07, 6.45) is -4.42. The fraction of sp³-hybridized carbons (Fsp3) is 0.0588. The zero-order valence-electron chi connectivity index (χ0n) is 11.6. The highest BCUT2D eigenvalue weighted by molar-refractivity contribution is 6.03. The lowest BCUT2D eigenvalue weighted by atomic mass is 10.0. The maximum Gasteiger partial charge on any atom is 0.416 e. The number of para-hydroxylation sites is 1. The molecular weight excluding hydrogens is 307 g/mol. The standard InChI is InChI=1S/C17H10F3NO2/c18-17(19,20)11-7-5-10(6-8-11)15-9-13(16(22)23)12-3-1-2-4-14(12)21-15/h1-9H,(H,22,23). The van der Waals surface area contributed by atoms with Crippen LogP contribution in [0.4, 0.5) is 13.2 Å². The van der Waals surface area contributed by atoms with Gasteiger partial charge in [-0.25, -0.2) is 9.78 Å². The van der Waals surface area contributed by atoms with Crippen molar-refractivity contribution in [1.82, 2.24) is 4.98 Å². The summed E-state index contributed by atoms with van der Waals surface area (Å²) in [5.41, 5.74) is 0.509. The van der Waals surface area contributed by atoms with E-state index in [1.54, 1.807) is 24.3 Å². The molecular formula is C17H10F3NO2. The number of hydrogen-bond acceptors (Lipinski definition) is 2. The van der Waals surface area contributed by atoms with E-state index in [1.165, 1.54) is 18.2 Å². The van der Waals surface area contributed by atoms with Gasteiger partial charge in [-0.3, -0.25) is 0 Å². The number of nitrogens with zero attached hydrogens (tertiary/aromatic N) is 1. The predicted molar refractivity (Wildman–Crippen MR) is 79.1 cm³/mol. The molecule has 6 heteroatoms. The molecule has 0 saturated carbocycles. The lowest BCUT2D eigenvalue weighted by molar-refractivity contribution is -0.137. The Kier molecular flexibility index (Phi) is 3.52. The van der Waals surface area contributed by atoms with Gasteiger partial charge in [-0.1, -0.05) is 30.3 Å². The molecule has 1 aromatic heterocycles. The molecule has 3 nitrogen and oxygen atoms in total. The van der Waals surface area contributed by atoms with Crippen LogP contribution in [0.15, 0.2) is 54.6 Å². The molecule has 2 aromatic carbocycles. The van der Waals surface area contributed by atoms with Crippen LogP contribution in [0.3, 0.4) is 0 Å². The van der Waals surface area contributed by atoms with Crippen molar-refractivity contribution in [2.24, 2.45) is 0 Å². The number of benzene rings is 2. The Bertz CT molecular complexity index is 886. The third-order valence-corrected chi connectivity index (χ3v) is 3.45. The average molecular weight is 317 g/mol. The molecule has 0 unspecified atom stereocenters. The summed E-state index contributed by atoms with van der Waals surface area (Å²) in [6, 6.07) is 12.6. The molecule has 0 atom stereocenters. The molecule has 0 spiro atoms. The van der Waals surface area contributed by atoms with Crippen molar-refractivity contribution in [3.63, 3.8) is 0 Å². The first kappa shape index (κ1) is 15.0. The molecule has 0 aliphatic carbocycles. The Morgan fingerprint density at radius 2 is 1.65 bits per heavy atom. The van der Waals surface area contributed by atoms with Crippen molar-refractivity contribution < 1.29 is 23.1 Å². The number of pyridine rings is 1. The van der Waals surface area contributed by atoms with Gasteiger partial charge in [0.25, 0.3) is 0 Å². The van der Waals surface area contributed by atoms with Crippen LogP contribution in [-0.4, -0.2) is 16.1 Å². The topological polar surface area (TPSA) is 50.2 Å². The van der Waals surface area contributed by atoms with E-state index < -0.39 is 17.7 Å². The number of aromatic nitrogens is 1. The van der Waals surface area contributed by atoms with Crippen molar-refractivity contribution in [3.8, 4) is 11.3 Å². The monoisotopic (exact) mass is 317 g/mol. The van der Waals surface area contributed by atoms with Gasteiger partial charge in [-0.15, -0.1) is 0 Å². The first-order valence-corrected chi connectivity index (χ1v) is 6.67. The molecule has 0 amide bonds. The van der Waals surface area contributed by atoms with Crippen LogP contribution in [0.1, 0.15) is 15.9 Å². The van der Waals surface area contributed by atoms with Crippen molar-refractivity contribution in [2.45, 2.75) is 6.18 Å². The fourth-order valence-electron chi connectivity index (χ4n) is 2.33.